The molecule has 4 rings (SSSR count). The van der Waals surface area contributed by atoms with Crippen LogP contribution < -0.4 is 5.32 Å². The molecule has 0 radical (unpaired) electrons. The van der Waals surface area contributed by atoms with Gasteiger partial charge in [-0.15, -0.1) is 24.0 Å². The molecule has 2 atom stereocenters. The van der Waals surface area contributed by atoms with Crippen LogP contribution in [0.15, 0.2) is 35.3 Å². The number of nitrogens with one attached hydrogen (secondary N) is 1. The van der Waals surface area contributed by atoms with E-state index in [9.17, 15) is 0 Å². The van der Waals surface area contributed by atoms with Crippen molar-refractivity contribution in [1.29, 1.82) is 0 Å². The number of halogens is 1. The summed E-state index contributed by atoms with van der Waals surface area (Å²) >= 11 is 0. The van der Waals surface area contributed by atoms with E-state index in [1.807, 2.05) is 0 Å². The van der Waals surface area contributed by atoms with Crippen LogP contribution in [0.4, 0.5) is 0 Å². The van der Waals surface area contributed by atoms with Gasteiger partial charge in [-0.25, -0.2) is 0 Å². The van der Waals surface area contributed by atoms with Crippen molar-refractivity contribution in [2.45, 2.75) is 44.5 Å². The van der Waals surface area contributed by atoms with E-state index in [4.69, 9.17) is 14.5 Å². The van der Waals surface area contributed by atoms with Crippen molar-refractivity contribution < 1.29 is 9.47 Å². The van der Waals surface area contributed by atoms with Gasteiger partial charge in [0.2, 0.25) is 0 Å². The Bertz CT molecular complexity index is 703. The normalized spacial score (nSPS) is 23.8. The van der Waals surface area contributed by atoms with E-state index in [0.29, 0.717) is 6.04 Å². The summed E-state index contributed by atoms with van der Waals surface area (Å²) in [7, 11) is 1.78. The Hall–Kier alpha value is -0.940. The second kappa shape index (κ2) is 13.1. The second-order valence-electron chi connectivity index (χ2n) is 8.83. The maximum atomic E-state index is 6.17. The van der Waals surface area contributed by atoms with Gasteiger partial charge in [0.05, 0.1) is 31.9 Å². The Balaban J connectivity index is 0.00000289. The van der Waals surface area contributed by atoms with Crippen LogP contribution in [-0.2, 0) is 16.0 Å². The Morgan fingerprint density at radius 1 is 1.22 bits per heavy atom. The summed E-state index contributed by atoms with van der Waals surface area (Å²) < 4.78 is 11.5. The fraction of sp³-hybridized carbons (Fsp3) is 0.708. The van der Waals surface area contributed by atoms with Gasteiger partial charge in [-0.2, -0.15) is 0 Å². The third kappa shape index (κ3) is 7.03. The largest absolute Gasteiger partial charge is 0.383 e. The van der Waals surface area contributed by atoms with Gasteiger partial charge in [-0.05, 0) is 25.3 Å². The summed E-state index contributed by atoms with van der Waals surface area (Å²) in [5.41, 5.74) is 1.37. The maximum Gasteiger partial charge on any atom is 0.194 e. The molecule has 180 valence electrons. The third-order valence-corrected chi connectivity index (χ3v) is 6.57. The molecular formula is C24H40IN5O2. The maximum absolute atomic E-state index is 6.17. The van der Waals surface area contributed by atoms with Gasteiger partial charge < -0.3 is 19.7 Å². The molecule has 1 aliphatic carbocycles. The minimum Gasteiger partial charge on any atom is -0.383 e. The van der Waals surface area contributed by atoms with Gasteiger partial charge in [0, 0.05) is 59.0 Å². The van der Waals surface area contributed by atoms with E-state index in [1.165, 1.54) is 18.4 Å². The molecule has 1 saturated carbocycles. The number of benzene rings is 1. The first kappa shape index (κ1) is 25.7. The van der Waals surface area contributed by atoms with Crippen molar-refractivity contribution in [3.63, 3.8) is 0 Å². The lowest BCUT2D eigenvalue weighted by atomic mass is 10.1. The van der Waals surface area contributed by atoms with Gasteiger partial charge in [0.1, 0.15) is 0 Å². The first-order valence-corrected chi connectivity index (χ1v) is 11.9. The van der Waals surface area contributed by atoms with Gasteiger partial charge in [0.25, 0.3) is 0 Å². The topological polar surface area (TPSA) is 52.6 Å². The fourth-order valence-electron chi connectivity index (χ4n) is 4.78. The number of methoxy groups -OCH3 is 1. The van der Waals surface area contributed by atoms with Gasteiger partial charge in [-0.3, -0.25) is 14.8 Å². The summed E-state index contributed by atoms with van der Waals surface area (Å²) in [6.45, 7) is 11.3. The van der Waals surface area contributed by atoms with E-state index in [1.54, 1.807) is 7.11 Å². The van der Waals surface area contributed by atoms with E-state index in [2.05, 4.69) is 57.3 Å². The molecular weight excluding hydrogens is 517 g/mol. The van der Waals surface area contributed by atoms with Crippen molar-refractivity contribution in [1.82, 2.24) is 20.0 Å². The number of hydrogen-bond donors (Lipinski definition) is 1. The van der Waals surface area contributed by atoms with Gasteiger partial charge >= 0.3 is 0 Å². The van der Waals surface area contributed by atoms with Crippen LogP contribution in [0.25, 0.3) is 0 Å². The highest BCUT2D eigenvalue weighted by atomic mass is 127. The number of guanidine groups is 1. The first-order chi connectivity index (χ1) is 15.3. The average Bonchev–Trinajstić information content (AvgIpc) is 3.54. The average molecular weight is 558 g/mol. The monoisotopic (exact) mass is 557 g/mol. The lowest BCUT2D eigenvalue weighted by Gasteiger charge is -2.36. The first-order valence-electron chi connectivity index (χ1n) is 11.9. The quantitative estimate of drug-likeness (QED) is 0.271. The molecule has 2 heterocycles. The molecule has 2 unspecified atom stereocenters. The number of likely N-dealkylation sites (tertiary alicyclic amines) is 1. The van der Waals surface area contributed by atoms with Crippen LogP contribution in [-0.4, -0.2) is 105 Å². The number of aliphatic imine (C=N–C) groups is 1. The van der Waals surface area contributed by atoms with Crippen LogP contribution in [0, 0.1) is 0 Å². The minimum absolute atomic E-state index is 0. The highest BCUT2D eigenvalue weighted by Gasteiger charge is 2.41. The number of rotatable bonds is 10. The molecule has 3 aliphatic rings. The summed E-state index contributed by atoms with van der Waals surface area (Å²) in [6, 6.07) is 11.9. The third-order valence-electron chi connectivity index (χ3n) is 6.57. The van der Waals surface area contributed by atoms with E-state index in [-0.39, 0.29) is 30.1 Å². The van der Waals surface area contributed by atoms with E-state index < -0.39 is 0 Å². The lowest BCUT2D eigenvalue weighted by molar-refractivity contribution is -0.0502. The Morgan fingerprint density at radius 2 is 2.03 bits per heavy atom. The summed E-state index contributed by atoms with van der Waals surface area (Å²) in [5, 5.41) is 3.52. The zero-order valence-corrected chi connectivity index (χ0v) is 21.9. The van der Waals surface area contributed by atoms with Crippen LogP contribution in [0.5, 0.6) is 0 Å². The van der Waals surface area contributed by atoms with Crippen LogP contribution >= 0.6 is 24.0 Å². The molecule has 1 aromatic carbocycles. The number of morpholine rings is 1. The van der Waals surface area contributed by atoms with Crippen molar-refractivity contribution in [2.24, 2.45) is 4.99 Å². The number of hydrogen-bond acceptors (Lipinski definition) is 5. The SMILES string of the molecule is CCNC(=NCCN(CCOC)C1CC1)N1CC2OCCN(Cc3ccccc3)C2C1.I. The molecule has 0 spiro atoms. The van der Waals surface area contributed by atoms with Crippen LogP contribution in [0.1, 0.15) is 25.3 Å². The molecule has 0 amide bonds. The predicted molar refractivity (Wildman–Crippen MR) is 140 cm³/mol. The van der Waals surface area contributed by atoms with Crippen molar-refractivity contribution >= 4 is 29.9 Å². The molecule has 1 N–H and O–H groups in total. The highest BCUT2D eigenvalue weighted by molar-refractivity contribution is 14.0. The molecule has 7 nitrogen and oxygen atoms in total. The second-order valence-corrected chi connectivity index (χ2v) is 8.83. The van der Waals surface area contributed by atoms with E-state index in [0.717, 1.165) is 77.6 Å². The Kier molecular flexibility index (Phi) is 10.5. The van der Waals surface area contributed by atoms with E-state index >= 15 is 0 Å². The van der Waals surface area contributed by atoms with Crippen LogP contribution in [0.3, 0.4) is 0 Å². The minimum atomic E-state index is 0. The predicted octanol–water partition coefficient (Wildman–Crippen LogP) is 2.27. The molecule has 1 aromatic rings. The molecule has 3 fully saturated rings. The molecule has 2 aliphatic heterocycles. The summed E-state index contributed by atoms with van der Waals surface area (Å²) in [4.78, 5) is 12.5. The highest BCUT2D eigenvalue weighted by Crippen LogP contribution is 2.27. The summed E-state index contributed by atoms with van der Waals surface area (Å²) in [6.07, 6.45) is 2.89. The number of nitrogens with zero attached hydrogens (tertiary/aromatic N) is 4. The molecule has 2 saturated heterocycles. The fourth-order valence-corrected chi connectivity index (χ4v) is 4.78. The Morgan fingerprint density at radius 3 is 2.75 bits per heavy atom. The Labute approximate surface area is 210 Å². The molecule has 8 heteroatoms. The van der Waals surface area contributed by atoms with Crippen molar-refractivity contribution in [3.8, 4) is 0 Å². The molecule has 0 bridgehead atoms. The van der Waals surface area contributed by atoms with Gasteiger partial charge in [0.15, 0.2) is 5.96 Å². The van der Waals surface area contributed by atoms with Crippen molar-refractivity contribution in [2.75, 3.05) is 66.1 Å². The number of ether oxygens (including phenoxy) is 2. The number of fused-ring (bicyclic) bond motifs is 1. The molecule has 0 aromatic heterocycles. The zero-order chi connectivity index (χ0) is 21.5. The lowest BCUT2D eigenvalue weighted by Crippen LogP contribution is -2.50. The van der Waals surface area contributed by atoms with Crippen molar-refractivity contribution in [3.05, 3.63) is 35.9 Å². The molecule has 32 heavy (non-hydrogen) atoms. The van der Waals surface area contributed by atoms with Crippen LogP contribution in [0.2, 0.25) is 0 Å². The summed E-state index contributed by atoms with van der Waals surface area (Å²) in [5.74, 6) is 1.03. The smallest absolute Gasteiger partial charge is 0.194 e. The van der Waals surface area contributed by atoms with Gasteiger partial charge in [-0.1, -0.05) is 30.3 Å². The zero-order valence-electron chi connectivity index (χ0n) is 19.6. The standard InChI is InChI=1S/C24H39N5O2.HI/c1-3-25-24(26-11-12-27(13-15-30-2)21-9-10-21)29-18-22-23(19-29)31-16-14-28(22)17-20-7-5-4-6-8-20;/h4-8,21-23H,3,9-19H2,1-2H3,(H,25,26);1H.